The van der Waals surface area contributed by atoms with Crippen LogP contribution in [0.3, 0.4) is 0 Å². The van der Waals surface area contributed by atoms with Crippen LogP contribution in [0.5, 0.6) is 5.75 Å². The number of amides is 2. The van der Waals surface area contributed by atoms with Crippen LogP contribution in [-0.4, -0.2) is 68.9 Å². The molecule has 0 bridgehead atoms. The van der Waals surface area contributed by atoms with Gasteiger partial charge in [0.2, 0.25) is 10.0 Å². The van der Waals surface area contributed by atoms with Gasteiger partial charge in [0, 0.05) is 31.3 Å². The van der Waals surface area contributed by atoms with Gasteiger partial charge >= 0.3 is 6.03 Å². The number of hydrogen-bond acceptors (Lipinski definition) is 5. The Kier molecular flexibility index (Phi) is 6.06. The van der Waals surface area contributed by atoms with Crippen molar-refractivity contribution in [1.29, 1.82) is 0 Å². The molecule has 11 heteroatoms. The maximum Gasteiger partial charge on any atom is 0.321 e. The predicted molar refractivity (Wildman–Crippen MR) is 112 cm³/mol. The number of rotatable bonds is 4. The summed E-state index contributed by atoms with van der Waals surface area (Å²) in [5.74, 6) is -0.940. The molecule has 8 nitrogen and oxygen atoms in total. The van der Waals surface area contributed by atoms with Crippen molar-refractivity contribution in [2.24, 2.45) is 0 Å². The summed E-state index contributed by atoms with van der Waals surface area (Å²) in [5, 5.41) is 2.69. The first-order chi connectivity index (χ1) is 15.3. The molecule has 2 unspecified atom stereocenters. The largest absolute Gasteiger partial charge is 0.494 e. The molecule has 0 aromatic heterocycles. The van der Waals surface area contributed by atoms with Crippen molar-refractivity contribution in [3.05, 3.63) is 54.3 Å². The lowest BCUT2D eigenvalue weighted by Crippen LogP contribution is -2.63. The summed E-state index contributed by atoms with van der Waals surface area (Å²) >= 11 is 0. The number of halogens is 2. The molecule has 1 N–H and O–H groups in total. The lowest BCUT2D eigenvalue weighted by atomic mass is 9.99. The quantitative estimate of drug-likeness (QED) is 0.747. The number of piperidine rings is 1. The number of ether oxygens (including phenoxy) is 2. The Morgan fingerprint density at radius 1 is 1.22 bits per heavy atom. The Hall–Kier alpha value is -2.76. The van der Waals surface area contributed by atoms with Crippen LogP contribution in [0.15, 0.2) is 53.4 Å². The lowest BCUT2D eigenvalue weighted by Gasteiger charge is -2.44. The Morgan fingerprint density at radius 2 is 1.97 bits per heavy atom. The molecule has 2 aromatic carbocycles. The second kappa shape index (κ2) is 8.64. The molecule has 1 spiro atoms. The molecule has 2 aliphatic heterocycles. The molecular formula is C21H23F2N3O5S. The van der Waals surface area contributed by atoms with E-state index in [1.54, 1.807) is 30.3 Å². The number of nitrogens with one attached hydrogen (secondary N) is 1. The minimum absolute atomic E-state index is 0.00813. The molecule has 2 heterocycles. The number of likely N-dealkylation sites (tertiary alicyclic amines) is 1. The maximum atomic E-state index is 15.5. The second-order valence-corrected chi connectivity index (χ2v) is 9.39. The molecule has 4 rings (SSSR count). The standard InChI is InChI=1S/C21H23F2N3O5S/c1-30-18-13-16(7-8-17(18)22)32(28,29)26-11-12-31-21(26)9-10-25(14-19(21)23)20(27)24-15-5-3-2-4-6-15/h2-8,13,19H,9-12,14H2,1H3,(H,24,27). The van der Waals surface area contributed by atoms with Crippen molar-refractivity contribution in [3.63, 3.8) is 0 Å². The molecule has 0 aliphatic carbocycles. The molecule has 172 valence electrons. The van der Waals surface area contributed by atoms with Crippen LogP contribution in [0, 0.1) is 5.82 Å². The fourth-order valence-corrected chi connectivity index (χ4v) is 5.78. The van der Waals surface area contributed by atoms with Gasteiger partial charge in [-0.1, -0.05) is 18.2 Å². The SMILES string of the molecule is COc1cc(S(=O)(=O)N2CCOC23CCN(C(=O)Nc2ccccc2)CC3F)ccc1F. The van der Waals surface area contributed by atoms with Crippen molar-refractivity contribution < 1.29 is 31.5 Å². The monoisotopic (exact) mass is 467 g/mol. The number of para-hydroxylation sites is 1. The van der Waals surface area contributed by atoms with E-state index in [-0.39, 0.29) is 43.3 Å². The van der Waals surface area contributed by atoms with Gasteiger partial charge in [-0.05, 0) is 24.3 Å². The number of sulfonamides is 1. The van der Waals surface area contributed by atoms with Crippen LogP contribution >= 0.6 is 0 Å². The lowest BCUT2D eigenvalue weighted by molar-refractivity contribution is -0.134. The van der Waals surface area contributed by atoms with Crippen molar-refractivity contribution in [1.82, 2.24) is 9.21 Å². The van der Waals surface area contributed by atoms with E-state index in [1.807, 2.05) is 0 Å². The van der Waals surface area contributed by atoms with Crippen LogP contribution in [0.4, 0.5) is 19.3 Å². The molecule has 2 aliphatic rings. The summed E-state index contributed by atoms with van der Waals surface area (Å²) in [7, 11) is -2.99. The van der Waals surface area contributed by atoms with Gasteiger partial charge in [0.1, 0.15) is 0 Å². The van der Waals surface area contributed by atoms with E-state index >= 15 is 4.39 Å². The number of carbonyl (C=O) groups is 1. The second-order valence-electron chi connectivity index (χ2n) is 7.53. The third-order valence-corrected chi connectivity index (χ3v) is 7.62. The average molecular weight is 467 g/mol. The highest BCUT2D eigenvalue weighted by molar-refractivity contribution is 7.89. The molecule has 2 saturated heterocycles. The van der Waals surface area contributed by atoms with Gasteiger partial charge in [-0.3, -0.25) is 0 Å². The zero-order valence-electron chi connectivity index (χ0n) is 17.3. The third kappa shape index (κ3) is 3.91. The van der Waals surface area contributed by atoms with Crippen LogP contribution in [0.25, 0.3) is 0 Å². The highest BCUT2D eigenvalue weighted by Crippen LogP contribution is 2.40. The summed E-state index contributed by atoms with van der Waals surface area (Å²) in [6.07, 6.45) is -1.83. The van der Waals surface area contributed by atoms with Crippen molar-refractivity contribution in [2.75, 3.05) is 38.7 Å². The van der Waals surface area contributed by atoms with Gasteiger partial charge in [0.05, 0.1) is 25.2 Å². The minimum Gasteiger partial charge on any atom is -0.494 e. The summed E-state index contributed by atoms with van der Waals surface area (Å²) in [5.41, 5.74) is -1.16. The van der Waals surface area contributed by atoms with Crippen molar-refractivity contribution >= 4 is 21.7 Å². The molecule has 2 amide bonds. The molecule has 2 aromatic rings. The molecule has 32 heavy (non-hydrogen) atoms. The molecule has 2 atom stereocenters. The molecule has 0 saturated carbocycles. The first-order valence-electron chi connectivity index (χ1n) is 10.0. The number of methoxy groups -OCH3 is 1. The van der Waals surface area contributed by atoms with Crippen LogP contribution in [0.1, 0.15) is 6.42 Å². The fraction of sp³-hybridized carbons (Fsp3) is 0.381. The first-order valence-corrected chi connectivity index (χ1v) is 11.5. The number of hydrogen-bond donors (Lipinski definition) is 1. The van der Waals surface area contributed by atoms with E-state index in [1.165, 1.54) is 12.0 Å². The van der Waals surface area contributed by atoms with Crippen molar-refractivity contribution in [3.8, 4) is 5.75 Å². The topological polar surface area (TPSA) is 88.2 Å². The van der Waals surface area contributed by atoms with Crippen LogP contribution in [0.2, 0.25) is 0 Å². The number of benzene rings is 2. The predicted octanol–water partition coefficient (Wildman–Crippen LogP) is 2.83. The van der Waals surface area contributed by atoms with E-state index in [4.69, 9.17) is 9.47 Å². The Morgan fingerprint density at radius 3 is 2.66 bits per heavy atom. The number of anilines is 1. The summed E-state index contributed by atoms with van der Waals surface area (Å²) < 4.78 is 67.3. The summed E-state index contributed by atoms with van der Waals surface area (Å²) in [6.45, 7) is -0.290. The first kappa shape index (κ1) is 22.4. The van der Waals surface area contributed by atoms with E-state index in [9.17, 15) is 17.6 Å². The number of urea groups is 1. The van der Waals surface area contributed by atoms with Gasteiger partial charge in [-0.25, -0.2) is 22.0 Å². The number of carbonyl (C=O) groups excluding carboxylic acids is 1. The fourth-order valence-electron chi connectivity index (χ4n) is 4.05. The van der Waals surface area contributed by atoms with Crippen LogP contribution < -0.4 is 10.1 Å². The van der Waals surface area contributed by atoms with Gasteiger partial charge in [0.15, 0.2) is 23.5 Å². The Balaban J connectivity index is 1.54. The zero-order valence-corrected chi connectivity index (χ0v) is 18.1. The van der Waals surface area contributed by atoms with Crippen LogP contribution in [-0.2, 0) is 14.8 Å². The minimum atomic E-state index is -4.21. The van der Waals surface area contributed by atoms with E-state index in [2.05, 4.69) is 5.32 Å². The van der Waals surface area contributed by atoms with Crippen molar-refractivity contribution in [2.45, 2.75) is 23.2 Å². The van der Waals surface area contributed by atoms with E-state index in [0.717, 1.165) is 22.5 Å². The Labute approximate surface area is 184 Å². The summed E-state index contributed by atoms with van der Waals surface area (Å²) in [4.78, 5) is 13.6. The molecular weight excluding hydrogens is 444 g/mol. The molecule has 2 fully saturated rings. The van der Waals surface area contributed by atoms with Gasteiger partial charge in [0.25, 0.3) is 0 Å². The maximum absolute atomic E-state index is 15.5. The normalized spacial score (nSPS) is 24.0. The van der Waals surface area contributed by atoms with E-state index < -0.39 is 33.8 Å². The third-order valence-electron chi connectivity index (χ3n) is 5.70. The van der Waals surface area contributed by atoms with E-state index in [0.29, 0.717) is 5.69 Å². The highest BCUT2D eigenvalue weighted by Gasteiger charge is 2.57. The average Bonchev–Trinajstić information content (AvgIpc) is 3.22. The Bertz CT molecular complexity index is 1100. The number of nitrogens with zero attached hydrogens (tertiary/aromatic N) is 2. The zero-order chi connectivity index (χ0) is 22.9. The highest BCUT2D eigenvalue weighted by atomic mass is 32.2. The number of alkyl halides is 1. The van der Waals surface area contributed by atoms with Gasteiger partial charge < -0.3 is 19.7 Å². The molecule has 0 radical (unpaired) electrons. The van der Waals surface area contributed by atoms with Gasteiger partial charge in [-0.15, -0.1) is 0 Å². The smallest absolute Gasteiger partial charge is 0.321 e. The summed E-state index contributed by atoms with van der Waals surface area (Å²) in [6, 6.07) is 11.4. The van der Waals surface area contributed by atoms with Gasteiger partial charge in [-0.2, -0.15) is 4.31 Å².